The van der Waals surface area contributed by atoms with Crippen LogP contribution in [0, 0.1) is 0 Å². The van der Waals surface area contributed by atoms with Gasteiger partial charge in [-0.25, -0.2) is 0 Å². The predicted molar refractivity (Wildman–Crippen MR) is 82.6 cm³/mol. The first kappa shape index (κ1) is 15.3. The van der Waals surface area contributed by atoms with E-state index in [2.05, 4.69) is 24.1 Å². The van der Waals surface area contributed by atoms with Gasteiger partial charge < -0.3 is 10.5 Å². The second-order valence-corrected chi connectivity index (χ2v) is 4.52. The van der Waals surface area contributed by atoms with Crippen LogP contribution in [-0.4, -0.2) is 31.6 Å². The molecule has 0 unspecified atom stereocenters. The molecule has 0 saturated carbocycles. The Bertz CT molecular complexity index is 405. The largest absolute Gasteiger partial charge is 0.495 e. The first-order valence-corrected chi connectivity index (χ1v) is 6.57. The summed E-state index contributed by atoms with van der Waals surface area (Å²) >= 11 is 0. The normalized spacial score (nSPS) is 10.4. The molecule has 0 atom stereocenters. The van der Waals surface area contributed by atoms with Crippen molar-refractivity contribution in [1.29, 1.82) is 0 Å². The van der Waals surface area contributed by atoms with Crippen LogP contribution in [0.5, 0.6) is 5.75 Å². The maximum Gasteiger partial charge on any atom is 0.141 e. The lowest BCUT2D eigenvalue weighted by Gasteiger charge is -2.18. The molecule has 19 heavy (non-hydrogen) atoms. The average Bonchev–Trinajstić information content (AvgIpc) is 2.39. The van der Waals surface area contributed by atoms with E-state index in [0.29, 0.717) is 5.69 Å². The topological polar surface area (TPSA) is 38.5 Å². The molecule has 0 aliphatic heterocycles. The molecule has 0 radical (unpaired) electrons. The number of nitrogens with zero attached hydrogens (tertiary/aromatic N) is 1. The molecule has 0 spiro atoms. The van der Waals surface area contributed by atoms with E-state index in [1.807, 2.05) is 24.3 Å². The number of nitrogen functional groups attached to an aromatic ring is 1. The van der Waals surface area contributed by atoms with Crippen LogP contribution < -0.4 is 10.5 Å². The Labute approximate surface area is 116 Å². The molecule has 0 saturated heterocycles. The summed E-state index contributed by atoms with van der Waals surface area (Å²) in [4.78, 5) is 2.31. The Morgan fingerprint density at radius 2 is 1.95 bits per heavy atom. The third-order valence-corrected chi connectivity index (χ3v) is 3.01. The Hall–Kier alpha value is -1.74. The second kappa shape index (κ2) is 8.38. The summed E-state index contributed by atoms with van der Waals surface area (Å²) in [7, 11) is 1.63. The van der Waals surface area contributed by atoms with Gasteiger partial charge in [-0.1, -0.05) is 18.2 Å². The second-order valence-electron chi connectivity index (χ2n) is 4.52. The number of rotatable bonds is 9. The molecule has 0 fully saturated rings. The summed E-state index contributed by atoms with van der Waals surface area (Å²) in [5.74, 6) is 0.740. The molecule has 0 amide bonds. The summed E-state index contributed by atoms with van der Waals surface area (Å²) in [6, 6.07) is 5.99. The van der Waals surface area contributed by atoms with Gasteiger partial charge in [0.05, 0.1) is 12.8 Å². The van der Waals surface area contributed by atoms with Gasteiger partial charge in [0.15, 0.2) is 0 Å². The number of anilines is 1. The van der Waals surface area contributed by atoms with Gasteiger partial charge in [-0.3, -0.25) is 4.90 Å². The quantitative estimate of drug-likeness (QED) is 0.548. The minimum Gasteiger partial charge on any atom is -0.495 e. The molecule has 0 aliphatic carbocycles. The van der Waals surface area contributed by atoms with Crippen LogP contribution in [0.4, 0.5) is 5.69 Å². The maximum atomic E-state index is 5.90. The Balaban J connectivity index is 2.45. The van der Waals surface area contributed by atoms with Crippen molar-refractivity contribution < 1.29 is 4.74 Å². The van der Waals surface area contributed by atoms with Gasteiger partial charge in [0.1, 0.15) is 5.75 Å². The highest BCUT2D eigenvalue weighted by atomic mass is 16.5. The van der Waals surface area contributed by atoms with Crippen LogP contribution in [0.1, 0.15) is 12.0 Å². The van der Waals surface area contributed by atoms with Crippen molar-refractivity contribution in [3.8, 4) is 5.75 Å². The number of hydrogen-bond donors (Lipinski definition) is 1. The fraction of sp³-hybridized carbons (Fsp3) is 0.375. The standard InChI is InChI=1S/C16H24N2O/c1-4-10-18(11-5-2)12-6-7-14-8-9-16(19-3)15(17)13-14/h4-5,8-9,13H,1-2,6-7,10-12,17H2,3H3. The molecule has 1 rings (SSSR count). The van der Waals surface area contributed by atoms with Crippen LogP contribution in [0.15, 0.2) is 43.5 Å². The molecule has 0 bridgehead atoms. The van der Waals surface area contributed by atoms with Gasteiger partial charge in [0, 0.05) is 13.1 Å². The number of aryl methyl sites for hydroxylation is 1. The van der Waals surface area contributed by atoms with Gasteiger partial charge in [-0.05, 0) is 37.1 Å². The lowest BCUT2D eigenvalue weighted by atomic mass is 10.1. The fourth-order valence-corrected chi connectivity index (χ4v) is 2.07. The molecule has 0 aliphatic rings. The van der Waals surface area contributed by atoms with Gasteiger partial charge >= 0.3 is 0 Å². The number of hydrogen-bond acceptors (Lipinski definition) is 3. The molecular weight excluding hydrogens is 236 g/mol. The number of methoxy groups -OCH3 is 1. The van der Waals surface area contributed by atoms with Gasteiger partial charge in [-0.2, -0.15) is 0 Å². The van der Waals surface area contributed by atoms with Crippen molar-refractivity contribution in [2.45, 2.75) is 12.8 Å². The highest BCUT2D eigenvalue weighted by Crippen LogP contribution is 2.22. The van der Waals surface area contributed by atoms with Crippen LogP contribution in [-0.2, 0) is 6.42 Å². The van der Waals surface area contributed by atoms with Crippen molar-refractivity contribution in [1.82, 2.24) is 4.90 Å². The van der Waals surface area contributed by atoms with E-state index in [9.17, 15) is 0 Å². The molecule has 1 aromatic rings. The van der Waals surface area contributed by atoms with Crippen molar-refractivity contribution >= 4 is 5.69 Å². The first-order valence-electron chi connectivity index (χ1n) is 6.57. The number of nitrogens with two attached hydrogens (primary N) is 1. The van der Waals surface area contributed by atoms with Crippen LogP contribution in [0.25, 0.3) is 0 Å². The smallest absolute Gasteiger partial charge is 0.141 e. The van der Waals surface area contributed by atoms with E-state index in [4.69, 9.17) is 10.5 Å². The third kappa shape index (κ3) is 5.18. The lowest BCUT2D eigenvalue weighted by molar-refractivity contribution is 0.330. The third-order valence-electron chi connectivity index (χ3n) is 3.01. The molecular formula is C16H24N2O. The summed E-state index contributed by atoms with van der Waals surface area (Å²) < 4.78 is 5.15. The van der Waals surface area contributed by atoms with Crippen LogP contribution >= 0.6 is 0 Å². The zero-order valence-electron chi connectivity index (χ0n) is 11.8. The number of benzene rings is 1. The molecule has 0 heterocycles. The van der Waals surface area contributed by atoms with E-state index in [0.717, 1.165) is 38.2 Å². The Kier molecular flexibility index (Phi) is 6.75. The molecule has 104 valence electrons. The summed E-state index contributed by atoms with van der Waals surface area (Å²) in [5.41, 5.74) is 7.85. The van der Waals surface area contributed by atoms with Crippen LogP contribution in [0.3, 0.4) is 0 Å². The molecule has 3 heteroatoms. The van der Waals surface area contributed by atoms with E-state index in [1.54, 1.807) is 7.11 Å². The van der Waals surface area contributed by atoms with E-state index in [-0.39, 0.29) is 0 Å². The molecule has 2 N–H and O–H groups in total. The summed E-state index contributed by atoms with van der Waals surface area (Å²) in [6.07, 6.45) is 5.95. The molecule has 1 aromatic carbocycles. The average molecular weight is 260 g/mol. The molecule has 3 nitrogen and oxygen atoms in total. The zero-order chi connectivity index (χ0) is 14.1. The van der Waals surface area contributed by atoms with E-state index < -0.39 is 0 Å². The fourth-order valence-electron chi connectivity index (χ4n) is 2.07. The van der Waals surface area contributed by atoms with Crippen molar-refractivity contribution in [3.63, 3.8) is 0 Å². The van der Waals surface area contributed by atoms with Crippen molar-refractivity contribution in [3.05, 3.63) is 49.1 Å². The van der Waals surface area contributed by atoms with E-state index >= 15 is 0 Å². The van der Waals surface area contributed by atoms with E-state index in [1.165, 1.54) is 5.56 Å². The molecule has 0 aromatic heterocycles. The Morgan fingerprint density at radius 3 is 2.47 bits per heavy atom. The maximum absolute atomic E-state index is 5.90. The van der Waals surface area contributed by atoms with Gasteiger partial charge in [-0.15, -0.1) is 13.2 Å². The first-order chi connectivity index (χ1) is 9.21. The van der Waals surface area contributed by atoms with Crippen LogP contribution in [0.2, 0.25) is 0 Å². The highest BCUT2D eigenvalue weighted by Gasteiger charge is 2.03. The van der Waals surface area contributed by atoms with Gasteiger partial charge in [0.2, 0.25) is 0 Å². The lowest BCUT2D eigenvalue weighted by Crippen LogP contribution is -2.25. The highest BCUT2D eigenvalue weighted by molar-refractivity contribution is 5.54. The van der Waals surface area contributed by atoms with Gasteiger partial charge in [0.25, 0.3) is 0 Å². The number of ether oxygens (including phenoxy) is 1. The summed E-state index contributed by atoms with van der Waals surface area (Å²) in [5, 5.41) is 0. The SMILES string of the molecule is C=CCN(CC=C)CCCc1ccc(OC)c(N)c1. The minimum atomic E-state index is 0.703. The monoisotopic (exact) mass is 260 g/mol. The Morgan fingerprint density at radius 1 is 1.26 bits per heavy atom. The predicted octanol–water partition coefficient (Wildman–Crippen LogP) is 2.88. The minimum absolute atomic E-state index is 0.703. The van der Waals surface area contributed by atoms with Crippen molar-refractivity contribution in [2.24, 2.45) is 0 Å². The van der Waals surface area contributed by atoms with Crippen molar-refractivity contribution in [2.75, 3.05) is 32.5 Å². The zero-order valence-corrected chi connectivity index (χ0v) is 11.8. The summed E-state index contributed by atoms with van der Waals surface area (Å²) in [6.45, 7) is 10.4.